The zero-order valence-electron chi connectivity index (χ0n) is 6.18. The Bertz CT molecular complexity index is 346. The third kappa shape index (κ3) is 1.00. The smallest absolute Gasteiger partial charge is 0.231 e. The van der Waals surface area contributed by atoms with Crippen LogP contribution >= 0.6 is 15.9 Å². The minimum Gasteiger partial charge on any atom is -0.289 e. The van der Waals surface area contributed by atoms with E-state index in [0.717, 1.165) is 5.56 Å². The summed E-state index contributed by atoms with van der Waals surface area (Å²) in [6.45, 7) is 0. The molecule has 0 amide bonds. The zero-order chi connectivity index (χ0) is 8.77. The van der Waals surface area contributed by atoms with Crippen LogP contribution in [-0.2, 0) is 6.42 Å². The van der Waals surface area contributed by atoms with Crippen LogP contribution in [0.15, 0.2) is 24.3 Å². The lowest BCUT2D eigenvalue weighted by atomic mass is 10.1. The quantitative estimate of drug-likeness (QED) is 0.624. The molecule has 1 unspecified atom stereocenters. The third-order valence-electron chi connectivity index (χ3n) is 2.01. The summed E-state index contributed by atoms with van der Waals surface area (Å²) in [5.41, 5.74) is 1.28. The van der Waals surface area contributed by atoms with E-state index in [1.807, 2.05) is 0 Å². The Morgan fingerprint density at radius 3 is 2.75 bits per heavy atom. The highest BCUT2D eigenvalue weighted by molar-refractivity contribution is 9.10. The maximum atomic E-state index is 13.4. The second kappa shape index (κ2) is 2.39. The van der Waals surface area contributed by atoms with Crippen LogP contribution in [0.5, 0.6) is 0 Å². The number of hydrogen-bond acceptors (Lipinski definition) is 1. The minimum atomic E-state index is -1.86. The Kier molecular flexibility index (Phi) is 1.58. The van der Waals surface area contributed by atoms with Crippen LogP contribution in [0.1, 0.15) is 15.9 Å². The van der Waals surface area contributed by atoms with Gasteiger partial charge in [-0.25, -0.2) is 4.39 Å². The zero-order valence-corrected chi connectivity index (χ0v) is 7.77. The van der Waals surface area contributed by atoms with Gasteiger partial charge in [0.1, 0.15) is 0 Å². The molecule has 1 atom stereocenters. The number of alkyl halides is 2. The number of carbonyl (C=O) groups excluding carboxylic acids is 1. The molecule has 1 aliphatic rings. The number of rotatable bonds is 0. The Morgan fingerprint density at radius 2 is 2.08 bits per heavy atom. The van der Waals surface area contributed by atoms with Crippen molar-refractivity contribution in [3.8, 4) is 0 Å². The fourth-order valence-electron chi connectivity index (χ4n) is 1.41. The van der Waals surface area contributed by atoms with E-state index in [9.17, 15) is 9.18 Å². The summed E-state index contributed by atoms with van der Waals surface area (Å²) in [5, 5.41) is 0. The molecule has 0 radical (unpaired) electrons. The molecule has 0 spiro atoms. The lowest BCUT2D eigenvalue weighted by Crippen LogP contribution is -2.21. The molecule has 1 nitrogen and oxygen atoms in total. The predicted molar refractivity (Wildman–Crippen MR) is 47.2 cm³/mol. The van der Waals surface area contributed by atoms with Crippen molar-refractivity contribution in [2.45, 2.75) is 11.0 Å². The molecule has 0 aliphatic heterocycles. The summed E-state index contributed by atoms with van der Waals surface area (Å²) in [7, 11) is 0. The van der Waals surface area contributed by atoms with Crippen LogP contribution in [0.25, 0.3) is 0 Å². The van der Waals surface area contributed by atoms with Gasteiger partial charge >= 0.3 is 0 Å². The topological polar surface area (TPSA) is 17.1 Å². The normalized spacial score (nSPS) is 27.3. The van der Waals surface area contributed by atoms with Crippen LogP contribution < -0.4 is 0 Å². The van der Waals surface area contributed by atoms with E-state index < -0.39 is 10.4 Å². The third-order valence-corrected chi connectivity index (χ3v) is 2.65. The molecule has 3 heteroatoms. The van der Waals surface area contributed by atoms with E-state index >= 15 is 0 Å². The van der Waals surface area contributed by atoms with Gasteiger partial charge in [-0.2, -0.15) is 0 Å². The van der Waals surface area contributed by atoms with Crippen molar-refractivity contribution in [3.05, 3.63) is 35.4 Å². The molecule has 0 N–H and O–H groups in total. The number of ketones is 1. The molecular weight excluding hydrogens is 223 g/mol. The average molecular weight is 229 g/mol. The average Bonchev–Trinajstić information content (AvgIpc) is 2.24. The number of hydrogen-bond donors (Lipinski definition) is 0. The van der Waals surface area contributed by atoms with Crippen LogP contribution in [-0.4, -0.2) is 10.4 Å². The molecule has 2 rings (SSSR count). The first-order chi connectivity index (χ1) is 5.61. The Hall–Kier alpha value is -0.700. The molecule has 1 aromatic rings. The van der Waals surface area contributed by atoms with Crippen LogP contribution in [0.4, 0.5) is 4.39 Å². The Morgan fingerprint density at radius 1 is 1.42 bits per heavy atom. The summed E-state index contributed by atoms with van der Waals surface area (Å²) in [5.74, 6) is -0.460. The first kappa shape index (κ1) is 7.92. The molecule has 0 aromatic heterocycles. The summed E-state index contributed by atoms with van der Waals surface area (Å²) in [6.07, 6.45) is 0.141. The lowest BCUT2D eigenvalue weighted by molar-refractivity contribution is 0.0872. The first-order valence-electron chi connectivity index (χ1n) is 3.62. The van der Waals surface area contributed by atoms with Gasteiger partial charge in [-0.1, -0.05) is 24.3 Å². The summed E-state index contributed by atoms with van der Waals surface area (Å²) in [4.78, 5) is 11.3. The maximum absolute atomic E-state index is 13.4. The summed E-state index contributed by atoms with van der Waals surface area (Å²) in [6, 6.07) is 6.97. The molecule has 1 aromatic carbocycles. The number of halogens is 2. The highest BCUT2D eigenvalue weighted by atomic mass is 79.9. The van der Waals surface area contributed by atoms with Gasteiger partial charge in [0.05, 0.1) is 0 Å². The van der Waals surface area contributed by atoms with Crippen molar-refractivity contribution in [2.24, 2.45) is 0 Å². The monoisotopic (exact) mass is 228 g/mol. The molecule has 0 fully saturated rings. The fraction of sp³-hybridized carbons (Fsp3) is 0.222. The van der Waals surface area contributed by atoms with E-state index in [0.29, 0.717) is 5.56 Å². The number of benzene rings is 1. The predicted octanol–water partition coefficient (Wildman–Crippen LogP) is 2.49. The van der Waals surface area contributed by atoms with Crippen molar-refractivity contribution >= 4 is 21.7 Å². The molecule has 0 saturated carbocycles. The second-order valence-electron chi connectivity index (χ2n) is 2.87. The molecule has 62 valence electrons. The largest absolute Gasteiger partial charge is 0.289 e. The van der Waals surface area contributed by atoms with Gasteiger partial charge in [-0.05, 0) is 21.5 Å². The van der Waals surface area contributed by atoms with Crippen molar-refractivity contribution in [3.63, 3.8) is 0 Å². The fourth-order valence-corrected chi connectivity index (χ4v) is 1.93. The van der Waals surface area contributed by atoms with Crippen LogP contribution in [0, 0.1) is 0 Å². The standard InChI is InChI=1S/C9H6BrFO/c10-9(11)5-6-3-1-2-4-7(6)8(9)12/h1-4H,5H2. The molecule has 0 bridgehead atoms. The van der Waals surface area contributed by atoms with Gasteiger partial charge in [0.2, 0.25) is 10.4 Å². The van der Waals surface area contributed by atoms with Gasteiger partial charge in [0.15, 0.2) is 0 Å². The SMILES string of the molecule is O=C1c2ccccc2CC1(F)Br. The van der Waals surface area contributed by atoms with Gasteiger partial charge in [0, 0.05) is 12.0 Å². The molecule has 0 heterocycles. The lowest BCUT2D eigenvalue weighted by Gasteiger charge is -2.05. The van der Waals surface area contributed by atoms with E-state index in [-0.39, 0.29) is 6.42 Å². The molecular formula is C9H6BrFO. The first-order valence-corrected chi connectivity index (χ1v) is 4.41. The van der Waals surface area contributed by atoms with Crippen molar-refractivity contribution in [2.75, 3.05) is 0 Å². The van der Waals surface area contributed by atoms with Crippen molar-refractivity contribution in [1.29, 1.82) is 0 Å². The number of fused-ring (bicyclic) bond motifs is 1. The summed E-state index contributed by atoms with van der Waals surface area (Å²) >= 11 is 2.77. The number of Topliss-reactive ketones (excluding diaryl/α,β-unsaturated/α-hetero) is 1. The van der Waals surface area contributed by atoms with Gasteiger partial charge in [0.25, 0.3) is 0 Å². The van der Waals surface area contributed by atoms with Gasteiger partial charge < -0.3 is 0 Å². The van der Waals surface area contributed by atoms with Crippen molar-refractivity contribution in [1.82, 2.24) is 0 Å². The van der Waals surface area contributed by atoms with Crippen LogP contribution in [0.3, 0.4) is 0 Å². The van der Waals surface area contributed by atoms with Crippen LogP contribution in [0.2, 0.25) is 0 Å². The summed E-state index contributed by atoms with van der Waals surface area (Å²) < 4.78 is 11.5. The molecule has 12 heavy (non-hydrogen) atoms. The van der Waals surface area contributed by atoms with E-state index in [2.05, 4.69) is 15.9 Å². The number of carbonyl (C=O) groups is 1. The minimum absolute atomic E-state index is 0.141. The van der Waals surface area contributed by atoms with Gasteiger partial charge in [-0.15, -0.1) is 0 Å². The van der Waals surface area contributed by atoms with E-state index in [1.54, 1.807) is 24.3 Å². The van der Waals surface area contributed by atoms with E-state index in [4.69, 9.17) is 0 Å². The van der Waals surface area contributed by atoms with Gasteiger partial charge in [-0.3, -0.25) is 4.79 Å². The second-order valence-corrected chi connectivity index (χ2v) is 4.12. The maximum Gasteiger partial charge on any atom is 0.231 e. The molecule has 0 saturated heterocycles. The Balaban J connectivity index is 2.57. The van der Waals surface area contributed by atoms with E-state index in [1.165, 1.54) is 0 Å². The highest BCUT2D eigenvalue weighted by Gasteiger charge is 2.43. The Labute approximate surface area is 77.7 Å². The highest BCUT2D eigenvalue weighted by Crippen LogP contribution is 2.37. The van der Waals surface area contributed by atoms with Crippen molar-refractivity contribution < 1.29 is 9.18 Å². The molecule has 1 aliphatic carbocycles.